The highest BCUT2D eigenvalue weighted by Gasteiger charge is 2.32. The van der Waals surface area contributed by atoms with Crippen molar-refractivity contribution in [1.29, 1.82) is 0 Å². The van der Waals surface area contributed by atoms with Gasteiger partial charge in [0.05, 0.1) is 30.4 Å². The van der Waals surface area contributed by atoms with Gasteiger partial charge in [-0.1, -0.05) is 18.2 Å². The quantitative estimate of drug-likeness (QED) is 0.656. The highest BCUT2D eigenvalue weighted by Crippen LogP contribution is 2.28. The molecule has 0 radical (unpaired) electrons. The van der Waals surface area contributed by atoms with Gasteiger partial charge in [-0.3, -0.25) is 4.90 Å². The molecule has 2 fully saturated rings. The van der Waals surface area contributed by atoms with E-state index in [4.69, 9.17) is 9.47 Å². The summed E-state index contributed by atoms with van der Waals surface area (Å²) in [4.78, 5) is 4.60. The van der Waals surface area contributed by atoms with E-state index in [1.165, 1.54) is 16.4 Å². The molecule has 2 aliphatic heterocycles. The molecule has 1 atom stereocenters. The van der Waals surface area contributed by atoms with Gasteiger partial charge in [0.2, 0.25) is 10.0 Å². The standard InChI is InChI=1S/C23H30FN3O4S/c1-18-7-8-20(15-21(18)24)32(28,29)27-13-14-31-19(17-27)16-25-9-11-26(12-10-25)22-5-3-4-6-23(22)30-2/h3-8,15,19H,9-14,16-17H2,1-2H3/t19-/m1/s1. The lowest BCUT2D eigenvalue weighted by Crippen LogP contribution is -2.53. The number of hydrogen-bond acceptors (Lipinski definition) is 6. The molecule has 0 aromatic heterocycles. The molecule has 2 aromatic rings. The zero-order chi connectivity index (χ0) is 22.7. The predicted octanol–water partition coefficient (Wildman–Crippen LogP) is 2.35. The van der Waals surface area contributed by atoms with Gasteiger partial charge in [-0.05, 0) is 36.8 Å². The molecule has 4 rings (SSSR count). The number of ether oxygens (including phenoxy) is 2. The summed E-state index contributed by atoms with van der Waals surface area (Å²) in [6.07, 6.45) is -0.216. The Hall–Kier alpha value is -2.20. The van der Waals surface area contributed by atoms with Crippen LogP contribution in [0.25, 0.3) is 0 Å². The smallest absolute Gasteiger partial charge is 0.243 e. The number of piperazine rings is 1. The van der Waals surface area contributed by atoms with Gasteiger partial charge in [0, 0.05) is 45.8 Å². The molecule has 9 heteroatoms. The average Bonchev–Trinajstić information content (AvgIpc) is 2.81. The maximum Gasteiger partial charge on any atom is 0.243 e. The minimum absolute atomic E-state index is 0.00771. The molecular formula is C23H30FN3O4S. The average molecular weight is 464 g/mol. The number of sulfonamides is 1. The lowest BCUT2D eigenvalue weighted by atomic mass is 10.2. The van der Waals surface area contributed by atoms with E-state index in [1.54, 1.807) is 14.0 Å². The largest absolute Gasteiger partial charge is 0.495 e. The Morgan fingerprint density at radius 2 is 1.84 bits per heavy atom. The number of halogens is 1. The second kappa shape index (κ2) is 9.74. The summed E-state index contributed by atoms with van der Waals surface area (Å²) >= 11 is 0. The fourth-order valence-corrected chi connectivity index (χ4v) is 5.72. The van der Waals surface area contributed by atoms with Crippen molar-refractivity contribution in [2.75, 3.05) is 64.4 Å². The Labute approximate surface area is 189 Å². The molecule has 32 heavy (non-hydrogen) atoms. The number of benzene rings is 2. The molecule has 0 bridgehead atoms. The van der Waals surface area contributed by atoms with Crippen LogP contribution in [0.1, 0.15) is 5.56 Å². The van der Waals surface area contributed by atoms with Gasteiger partial charge < -0.3 is 14.4 Å². The number of anilines is 1. The number of morpholine rings is 1. The van der Waals surface area contributed by atoms with Crippen molar-refractivity contribution in [2.45, 2.75) is 17.9 Å². The second-order valence-electron chi connectivity index (χ2n) is 8.23. The zero-order valence-electron chi connectivity index (χ0n) is 18.5. The molecule has 0 saturated carbocycles. The number of hydrogen-bond donors (Lipinski definition) is 0. The third kappa shape index (κ3) is 4.91. The van der Waals surface area contributed by atoms with Crippen molar-refractivity contribution in [2.24, 2.45) is 0 Å². The van der Waals surface area contributed by atoms with Crippen LogP contribution in [0.15, 0.2) is 47.4 Å². The summed E-state index contributed by atoms with van der Waals surface area (Å²) in [6.45, 7) is 6.58. The first-order valence-electron chi connectivity index (χ1n) is 10.9. The van der Waals surface area contributed by atoms with Crippen LogP contribution in [0, 0.1) is 12.7 Å². The lowest BCUT2D eigenvalue weighted by Gasteiger charge is -2.39. The van der Waals surface area contributed by atoms with Crippen LogP contribution in [-0.4, -0.2) is 83.3 Å². The van der Waals surface area contributed by atoms with Crippen LogP contribution in [-0.2, 0) is 14.8 Å². The number of para-hydroxylation sites is 2. The number of nitrogens with zero attached hydrogens (tertiary/aromatic N) is 3. The molecule has 0 aliphatic carbocycles. The molecule has 2 aromatic carbocycles. The van der Waals surface area contributed by atoms with Crippen molar-refractivity contribution >= 4 is 15.7 Å². The SMILES string of the molecule is COc1ccccc1N1CCN(C[C@@H]2CN(S(=O)(=O)c3ccc(C)c(F)c3)CCO2)CC1. The fourth-order valence-electron chi connectivity index (χ4n) is 4.25. The van der Waals surface area contributed by atoms with Crippen molar-refractivity contribution in [3.05, 3.63) is 53.8 Å². The third-order valence-electron chi connectivity index (χ3n) is 6.14. The number of rotatable bonds is 6. The van der Waals surface area contributed by atoms with Gasteiger partial charge in [0.25, 0.3) is 0 Å². The Bertz CT molecular complexity index is 1040. The molecule has 0 unspecified atom stereocenters. The van der Waals surface area contributed by atoms with E-state index in [9.17, 15) is 12.8 Å². The van der Waals surface area contributed by atoms with E-state index in [2.05, 4.69) is 15.9 Å². The number of aryl methyl sites for hydroxylation is 1. The van der Waals surface area contributed by atoms with Crippen LogP contribution in [0.4, 0.5) is 10.1 Å². The summed E-state index contributed by atoms with van der Waals surface area (Å²) in [5.74, 6) is 0.355. The maximum absolute atomic E-state index is 13.9. The van der Waals surface area contributed by atoms with Crippen LogP contribution in [0.5, 0.6) is 5.75 Å². The highest BCUT2D eigenvalue weighted by molar-refractivity contribution is 7.89. The molecule has 174 valence electrons. The van der Waals surface area contributed by atoms with Crippen molar-refractivity contribution in [1.82, 2.24) is 9.21 Å². The van der Waals surface area contributed by atoms with Crippen LogP contribution in [0.2, 0.25) is 0 Å². The first-order chi connectivity index (χ1) is 15.4. The van der Waals surface area contributed by atoms with Gasteiger partial charge in [0.1, 0.15) is 11.6 Å². The highest BCUT2D eigenvalue weighted by atomic mass is 32.2. The maximum atomic E-state index is 13.9. The van der Waals surface area contributed by atoms with Gasteiger partial charge in [-0.15, -0.1) is 0 Å². The monoisotopic (exact) mass is 463 g/mol. The zero-order valence-corrected chi connectivity index (χ0v) is 19.4. The summed E-state index contributed by atoms with van der Waals surface area (Å²) in [6, 6.07) is 12.1. The first kappa shape index (κ1) is 23.0. The molecule has 2 heterocycles. The summed E-state index contributed by atoms with van der Waals surface area (Å²) < 4.78 is 52.7. The molecule has 0 spiro atoms. The molecular weight excluding hydrogens is 433 g/mol. The summed E-state index contributed by atoms with van der Waals surface area (Å²) in [5, 5.41) is 0. The Morgan fingerprint density at radius 1 is 1.09 bits per heavy atom. The van der Waals surface area contributed by atoms with E-state index in [-0.39, 0.29) is 24.1 Å². The second-order valence-corrected chi connectivity index (χ2v) is 10.2. The van der Waals surface area contributed by atoms with E-state index in [0.29, 0.717) is 18.7 Å². The van der Waals surface area contributed by atoms with Gasteiger partial charge in [-0.2, -0.15) is 4.31 Å². The van der Waals surface area contributed by atoms with Crippen molar-refractivity contribution in [3.63, 3.8) is 0 Å². The van der Waals surface area contributed by atoms with Crippen LogP contribution >= 0.6 is 0 Å². The molecule has 2 saturated heterocycles. The van der Waals surface area contributed by atoms with Gasteiger partial charge in [-0.25, -0.2) is 12.8 Å². The molecule has 7 nitrogen and oxygen atoms in total. The molecule has 0 N–H and O–H groups in total. The van der Waals surface area contributed by atoms with E-state index >= 15 is 0 Å². The first-order valence-corrected chi connectivity index (χ1v) is 12.3. The minimum atomic E-state index is -3.75. The Balaban J connectivity index is 1.35. The van der Waals surface area contributed by atoms with E-state index in [0.717, 1.165) is 43.7 Å². The predicted molar refractivity (Wildman–Crippen MR) is 121 cm³/mol. The topological polar surface area (TPSA) is 62.3 Å². The third-order valence-corrected chi connectivity index (χ3v) is 8.00. The fraction of sp³-hybridized carbons (Fsp3) is 0.478. The Morgan fingerprint density at radius 3 is 2.56 bits per heavy atom. The molecule has 0 amide bonds. The van der Waals surface area contributed by atoms with Crippen molar-refractivity contribution in [3.8, 4) is 5.75 Å². The van der Waals surface area contributed by atoms with Gasteiger partial charge >= 0.3 is 0 Å². The summed E-state index contributed by atoms with van der Waals surface area (Å²) in [5.41, 5.74) is 1.52. The lowest BCUT2D eigenvalue weighted by molar-refractivity contribution is -0.0206. The summed E-state index contributed by atoms with van der Waals surface area (Å²) in [7, 11) is -2.07. The van der Waals surface area contributed by atoms with Crippen molar-refractivity contribution < 1.29 is 22.3 Å². The van der Waals surface area contributed by atoms with Crippen LogP contribution in [0.3, 0.4) is 0 Å². The minimum Gasteiger partial charge on any atom is -0.495 e. The van der Waals surface area contributed by atoms with E-state index < -0.39 is 15.8 Å². The normalized spacial score (nSPS) is 21.0. The molecule has 2 aliphatic rings. The van der Waals surface area contributed by atoms with Crippen LogP contribution < -0.4 is 9.64 Å². The Kier molecular flexibility index (Phi) is 6.99. The van der Waals surface area contributed by atoms with E-state index in [1.807, 2.05) is 18.2 Å². The number of methoxy groups -OCH3 is 1. The van der Waals surface area contributed by atoms with Gasteiger partial charge in [0.15, 0.2) is 0 Å².